The van der Waals surface area contributed by atoms with Gasteiger partial charge < -0.3 is 5.73 Å². The molecule has 1 heterocycles. The third-order valence-electron chi connectivity index (χ3n) is 3.42. The van der Waals surface area contributed by atoms with Gasteiger partial charge in [0.25, 0.3) is 0 Å². The Balaban J connectivity index is 0.00000200. The summed E-state index contributed by atoms with van der Waals surface area (Å²) in [6, 6.07) is 3.04. The van der Waals surface area contributed by atoms with Gasteiger partial charge in [0.15, 0.2) is 4.90 Å². The Morgan fingerprint density at radius 2 is 1.70 bits per heavy atom. The molecule has 1 aromatic rings. The lowest BCUT2D eigenvalue weighted by molar-refractivity contribution is 0.277. The Labute approximate surface area is 123 Å². The van der Waals surface area contributed by atoms with Crippen LogP contribution in [0, 0.1) is 17.6 Å². The Morgan fingerprint density at radius 1 is 1.20 bits per heavy atom. The van der Waals surface area contributed by atoms with Crippen molar-refractivity contribution in [2.24, 2.45) is 11.7 Å². The summed E-state index contributed by atoms with van der Waals surface area (Å²) in [6.07, 6.45) is 1.23. The third-order valence-corrected chi connectivity index (χ3v) is 5.37. The van der Waals surface area contributed by atoms with Gasteiger partial charge in [-0.25, -0.2) is 17.2 Å². The molecule has 8 heteroatoms. The minimum Gasteiger partial charge on any atom is -0.330 e. The lowest BCUT2D eigenvalue weighted by atomic mass is 9.99. The molecule has 1 aliphatic rings. The van der Waals surface area contributed by atoms with Gasteiger partial charge in [0.2, 0.25) is 10.0 Å². The predicted molar refractivity (Wildman–Crippen MR) is 74.1 cm³/mol. The van der Waals surface area contributed by atoms with Gasteiger partial charge in [-0.2, -0.15) is 4.31 Å². The second kappa shape index (κ2) is 6.80. The summed E-state index contributed by atoms with van der Waals surface area (Å²) in [6.45, 7) is 0.998. The van der Waals surface area contributed by atoms with E-state index in [0.29, 0.717) is 19.4 Å². The molecule has 4 nitrogen and oxygen atoms in total. The van der Waals surface area contributed by atoms with Crippen molar-refractivity contribution in [3.8, 4) is 0 Å². The number of nitrogens with zero attached hydrogens (tertiary/aromatic N) is 1. The first-order valence-corrected chi connectivity index (χ1v) is 7.55. The summed E-state index contributed by atoms with van der Waals surface area (Å²) < 4.78 is 52.8. The first-order valence-electron chi connectivity index (χ1n) is 6.11. The second-order valence-corrected chi connectivity index (χ2v) is 6.51. The summed E-state index contributed by atoms with van der Waals surface area (Å²) in [7, 11) is -4.11. The Hall–Kier alpha value is -0.760. The van der Waals surface area contributed by atoms with Crippen LogP contribution in [0.1, 0.15) is 12.8 Å². The fraction of sp³-hybridized carbons (Fsp3) is 0.500. The van der Waals surface area contributed by atoms with Gasteiger partial charge in [-0.15, -0.1) is 12.4 Å². The highest BCUT2D eigenvalue weighted by Crippen LogP contribution is 2.26. The van der Waals surface area contributed by atoms with E-state index in [-0.39, 0.29) is 31.4 Å². The van der Waals surface area contributed by atoms with Gasteiger partial charge in [-0.05, 0) is 37.4 Å². The molecule has 20 heavy (non-hydrogen) atoms. The number of piperidine rings is 1. The van der Waals surface area contributed by atoms with Gasteiger partial charge in [0, 0.05) is 13.1 Å². The smallest absolute Gasteiger partial charge is 0.248 e. The van der Waals surface area contributed by atoms with Crippen LogP contribution in [0.5, 0.6) is 0 Å². The maximum absolute atomic E-state index is 13.6. The molecule has 1 aromatic carbocycles. The molecule has 114 valence electrons. The van der Waals surface area contributed by atoms with Gasteiger partial charge in [-0.1, -0.05) is 6.07 Å². The topological polar surface area (TPSA) is 63.4 Å². The van der Waals surface area contributed by atoms with Crippen molar-refractivity contribution in [1.82, 2.24) is 4.31 Å². The van der Waals surface area contributed by atoms with Crippen LogP contribution in [0.15, 0.2) is 23.1 Å². The van der Waals surface area contributed by atoms with Crippen molar-refractivity contribution in [2.75, 3.05) is 19.6 Å². The van der Waals surface area contributed by atoms with Crippen LogP contribution in [0.2, 0.25) is 0 Å². The number of hydrogen-bond donors (Lipinski definition) is 1. The average molecular weight is 327 g/mol. The van der Waals surface area contributed by atoms with Gasteiger partial charge in [0.05, 0.1) is 0 Å². The van der Waals surface area contributed by atoms with Crippen molar-refractivity contribution in [2.45, 2.75) is 17.7 Å². The molecule has 0 bridgehead atoms. The van der Waals surface area contributed by atoms with Crippen LogP contribution < -0.4 is 5.73 Å². The molecular formula is C12H17ClF2N2O2S. The van der Waals surface area contributed by atoms with E-state index in [4.69, 9.17) is 5.73 Å². The Bertz CT molecular complexity index is 540. The third kappa shape index (κ3) is 3.28. The fourth-order valence-corrected chi connectivity index (χ4v) is 3.82. The van der Waals surface area contributed by atoms with Crippen molar-refractivity contribution in [3.63, 3.8) is 0 Å². The molecule has 0 saturated carbocycles. The number of halogens is 3. The minimum atomic E-state index is -4.11. The average Bonchev–Trinajstić information content (AvgIpc) is 2.38. The molecule has 0 unspecified atom stereocenters. The largest absolute Gasteiger partial charge is 0.330 e. The number of benzene rings is 1. The van der Waals surface area contributed by atoms with E-state index in [1.165, 1.54) is 0 Å². The quantitative estimate of drug-likeness (QED) is 0.920. The Morgan fingerprint density at radius 3 is 2.15 bits per heavy atom. The normalized spacial score (nSPS) is 17.8. The number of hydrogen-bond acceptors (Lipinski definition) is 3. The highest BCUT2D eigenvalue weighted by Gasteiger charge is 2.33. The second-order valence-electron chi connectivity index (χ2n) is 4.63. The van der Waals surface area contributed by atoms with E-state index in [2.05, 4.69) is 0 Å². The zero-order valence-corrected chi connectivity index (χ0v) is 12.4. The molecule has 1 saturated heterocycles. The predicted octanol–water partition coefficient (Wildman–Crippen LogP) is 1.75. The van der Waals surface area contributed by atoms with E-state index < -0.39 is 26.6 Å². The first-order chi connectivity index (χ1) is 8.96. The van der Waals surface area contributed by atoms with E-state index in [9.17, 15) is 17.2 Å². The van der Waals surface area contributed by atoms with Crippen molar-refractivity contribution in [1.29, 1.82) is 0 Å². The molecule has 0 spiro atoms. The molecule has 2 N–H and O–H groups in total. The van der Waals surface area contributed by atoms with E-state index in [1.807, 2.05) is 0 Å². The summed E-state index contributed by atoms with van der Waals surface area (Å²) in [5.41, 5.74) is 5.53. The molecule has 1 aliphatic heterocycles. The van der Waals surface area contributed by atoms with Crippen molar-refractivity contribution >= 4 is 22.4 Å². The zero-order valence-electron chi connectivity index (χ0n) is 10.8. The molecule has 2 rings (SSSR count). The monoisotopic (exact) mass is 326 g/mol. The van der Waals surface area contributed by atoms with E-state index in [1.54, 1.807) is 0 Å². The molecule has 0 aliphatic carbocycles. The van der Waals surface area contributed by atoms with Crippen LogP contribution >= 0.6 is 12.4 Å². The standard InChI is InChI=1S/C12H16F2N2O2S.ClH/c13-10-2-1-3-11(14)12(10)19(17,18)16-6-4-9(8-15)5-7-16;/h1-3,9H,4-8,15H2;1H. The zero-order chi connectivity index (χ0) is 14.0. The molecule has 0 atom stereocenters. The Kier molecular flexibility index (Phi) is 5.88. The SMILES string of the molecule is Cl.NCC1CCN(S(=O)(=O)c2c(F)cccc2F)CC1. The van der Waals surface area contributed by atoms with E-state index >= 15 is 0 Å². The van der Waals surface area contributed by atoms with Crippen LogP contribution in [-0.2, 0) is 10.0 Å². The minimum absolute atomic E-state index is 0. The van der Waals surface area contributed by atoms with Gasteiger partial charge in [0.1, 0.15) is 11.6 Å². The molecule has 0 radical (unpaired) electrons. The summed E-state index contributed by atoms with van der Waals surface area (Å²) in [5, 5.41) is 0. The van der Waals surface area contributed by atoms with Gasteiger partial charge in [-0.3, -0.25) is 0 Å². The molecule has 0 aromatic heterocycles. The van der Waals surface area contributed by atoms with Crippen molar-refractivity contribution < 1.29 is 17.2 Å². The number of nitrogens with two attached hydrogens (primary N) is 1. The molecular weight excluding hydrogens is 310 g/mol. The highest BCUT2D eigenvalue weighted by molar-refractivity contribution is 7.89. The lowest BCUT2D eigenvalue weighted by Gasteiger charge is -2.30. The maximum atomic E-state index is 13.6. The molecule has 0 amide bonds. The first kappa shape index (κ1) is 17.3. The van der Waals surface area contributed by atoms with Crippen LogP contribution in [-0.4, -0.2) is 32.4 Å². The van der Waals surface area contributed by atoms with Crippen molar-refractivity contribution in [3.05, 3.63) is 29.8 Å². The van der Waals surface area contributed by atoms with Crippen LogP contribution in [0.4, 0.5) is 8.78 Å². The highest BCUT2D eigenvalue weighted by atomic mass is 35.5. The number of sulfonamides is 1. The van der Waals surface area contributed by atoms with E-state index in [0.717, 1.165) is 22.5 Å². The summed E-state index contributed by atoms with van der Waals surface area (Å²) in [5.74, 6) is -1.83. The maximum Gasteiger partial charge on any atom is 0.248 e. The number of rotatable bonds is 3. The van der Waals surface area contributed by atoms with Crippen LogP contribution in [0.25, 0.3) is 0 Å². The summed E-state index contributed by atoms with van der Waals surface area (Å²) >= 11 is 0. The van der Waals surface area contributed by atoms with Crippen LogP contribution in [0.3, 0.4) is 0 Å². The molecule has 1 fully saturated rings. The van der Waals surface area contributed by atoms with Gasteiger partial charge >= 0.3 is 0 Å². The fourth-order valence-electron chi connectivity index (χ4n) is 2.24. The summed E-state index contributed by atoms with van der Waals surface area (Å²) in [4.78, 5) is -0.860. The lowest BCUT2D eigenvalue weighted by Crippen LogP contribution is -2.40.